The Morgan fingerprint density at radius 1 is 1.15 bits per heavy atom. The van der Waals surface area contributed by atoms with Crippen molar-refractivity contribution in [2.24, 2.45) is 0 Å². The molecule has 0 saturated carbocycles. The Balaban J connectivity index is 1.44. The third kappa shape index (κ3) is 5.00. The van der Waals surface area contributed by atoms with Gasteiger partial charge < -0.3 is 20.3 Å². The Hall–Kier alpha value is -3.02. The van der Waals surface area contributed by atoms with Gasteiger partial charge >= 0.3 is 6.03 Å². The Kier molecular flexibility index (Phi) is 5.96. The fourth-order valence-corrected chi connectivity index (χ4v) is 3.13. The van der Waals surface area contributed by atoms with Gasteiger partial charge in [-0.3, -0.25) is 4.79 Å². The maximum atomic E-state index is 12.2. The number of methoxy groups -OCH3 is 1. The zero-order valence-corrected chi connectivity index (χ0v) is 15.7. The minimum absolute atomic E-state index is 0.0300. The van der Waals surface area contributed by atoms with Gasteiger partial charge in [-0.25, -0.2) is 4.79 Å². The van der Waals surface area contributed by atoms with Crippen LogP contribution in [0.3, 0.4) is 0 Å². The van der Waals surface area contributed by atoms with E-state index in [1.54, 1.807) is 12.0 Å². The van der Waals surface area contributed by atoms with Crippen molar-refractivity contribution in [3.05, 3.63) is 59.7 Å². The molecular weight excluding hydrogens is 342 g/mol. The van der Waals surface area contributed by atoms with Crippen LogP contribution < -0.4 is 20.3 Å². The first-order valence-corrected chi connectivity index (χ1v) is 9.09. The minimum atomic E-state index is -0.243. The van der Waals surface area contributed by atoms with Gasteiger partial charge in [-0.05, 0) is 43.2 Å². The van der Waals surface area contributed by atoms with Gasteiger partial charge in [0.1, 0.15) is 5.75 Å². The van der Waals surface area contributed by atoms with Crippen molar-refractivity contribution >= 4 is 17.6 Å². The molecule has 1 saturated heterocycles. The second-order valence-electron chi connectivity index (χ2n) is 6.74. The number of urea groups is 1. The predicted octanol–water partition coefficient (Wildman–Crippen LogP) is 2.65. The van der Waals surface area contributed by atoms with Crippen molar-refractivity contribution in [3.63, 3.8) is 0 Å². The lowest BCUT2D eigenvalue weighted by molar-refractivity contribution is -0.117. The van der Waals surface area contributed by atoms with E-state index in [0.29, 0.717) is 19.5 Å². The van der Waals surface area contributed by atoms with Crippen LogP contribution in [0, 0.1) is 6.92 Å². The molecule has 0 bridgehead atoms. The summed E-state index contributed by atoms with van der Waals surface area (Å²) in [5.74, 6) is 0.843. The normalized spacial score (nSPS) is 16.3. The highest BCUT2D eigenvalue weighted by Gasteiger charge is 2.31. The van der Waals surface area contributed by atoms with E-state index < -0.39 is 0 Å². The predicted molar refractivity (Wildman–Crippen MR) is 105 cm³/mol. The quantitative estimate of drug-likeness (QED) is 0.825. The lowest BCUT2D eigenvalue weighted by Gasteiger charge is -2.17. The molecule has 0 spiro atoms. The fraction of sp³-hybridized carbons (Fsp3) is 0.333. The first-order chi connectivity index (χ1) is 13.0. The van der Waals surface area contributed by atoms with Crippen LogP contribution >= 0.6 is 0 Å². The van der Waals surface area contributed by atoms with E-state index in [2.05, 4.69) is 10.6 Å². The van der Waals surface area contributed by atoms with Gasteiger partial charge in [-0.15, -0.1) is 0 Å². The van der Waals surface area contributed by atoms with Crippen molar-refractivity contribution in [2.75, 3.05) is 25.1 Å². The van der Waals surface area contributed by atoms with E-state index >= 15 is 0 Å². The van der Waals surface area contributed by atoms with Gasteiger partial charge in [0.15, 0.2) is 0 Å². The molecule has 1 aliphatic heterocycles. The van der Waals surface area contributed by atoms with Crippen LogP contribution in [0.1, 0.15) is 17.5 Å². The van der Waals surface area contributed by atoms with Crippen molar-refractivity contribution in [1.82, 2.24) is 10.6 Å². The van der Waals surface area contributed by atoms with E-state index in [1.165, 1.54) is 0 Å². The third-order valence-corrected chi connectivity index (χ3v) is 4.66. The smallest absolute Gasteiger partial charge is 0.315 e. The molecule has 2 aromatic rings. The summed E-state index contributed by atoms with van der Waals surface area (Å²) < 4.78 is 5.13. The van der Waals surface area contributed by atoms with Crippen molar-refractivity contribution < 1.29 is 14.3 Å². The average Bonchev–Trinajstić information content (AvgIpc) is 3.03. The van der Waals surface area contributed by atoms with Crippen LogP contribution in [-0.2, 0) is 11.2 Å². The Morgan fingerprint density at radius 2 is 1.85 bits per heavy atom. The Morgan fingerprint density at radius 3 is 2.52 bits per heavy atom. The van der Waals surface area contributed by atoms with Crippen molar-refractivity contribution in [2.45, 2.75) is 25.8 Å². The standard InChI is InChI=1S/C21H25N3O3/c1-15-3-7-18(8-4-15)24-14-17(13-20(24)25)23-21(26)22-12-11-16-5-9-19(27-2)10-6-16/h3-10,17H,11-14H2,1-2H3,(H2,22,23,26)/t17-/m1/s1. The van der Waals surface area contributed by atoms with Crippen molar-refractivity contribution in [3.8, 4) is 5.75 Å². The van der Waals surface area contributed by atoms with E-state index in [-0.39, 0.29) is 18.0 Å². The number of aryl methyl sites for hydroxylation is 1. The highest BCUT2D eigenvalue weighted by atomic mass is 16.5. The number of anilines is 1. The fourth-order valence-electron chi connectivity index (χ4n) is 3.13. The number of nitrogens with zero attached hydrogens (tertiary/aromatic N) is 1. The highest BCUT2D eigenvalue weighted by molar-refractivity contribution is 5.96. The van der Waals surface area contributed by atoms with Gasteiger partial charge in [0.2, 0.25) is 5.91 Å². The molecule has 3 amide bonds. The third-order valence-electron chi connectivity index (χ3n) is 4.66. The molecule has 3 rings (SSSR count). The largest absolute Gasteiger partial charge is 0.497 e. The minimum Gasteiger partial charge on any atom is -0.497 e. The van der Waals surface area contributed by atoms with E-state index in [1.807, 2.05) is 55.5 Å². The number of nitrogens with one attached hydrogen (secondary N) is 2. The summed E-state index contributed by atoms with van der Waals surface area (Å²) in [7, 11) is 1.63. The molecule has 6 heteroatoms. The summed E-state index contributed by atoms with van der Waals surface area (Å²) in [5.41, 5.74) is 3.14. The number of carbonyl (C=O) groups excluding carboxylic acids is 2. The monoisotopic (exact) mass is 367 g/mol. The van der Waals surface area contributed by atoms with E-state index in [9.17, 15) is 9.59 Å². The van der Waals surface area contributed by atoms with Crippen LogP contribution in [0.15, 0.2) is 48.5 Å². The number of hydrogen-bond acceptors (Lipinski definition) is 3. The number of amides is 3. The van der Waals surface area contributed by atoms with Gasteiger partial charge in [-0.2, -0.15) is 0 Å². The Bertz CT molecular complexity index is 787. The van der Waals surface area contributed by atoms with Gasteiger partial charge in [-0.1, -0.05) is 29.8 Å². The lowest BCUT2D eigenvalue weighted by atomic mass is 10.1. The molecule has 0 radical (unpaired) electrons. The summed E-state index contributed by atoms with van der Waals surface area (Å²) in [6.45, 7) is 3.03. The molecule has 27 heavy (non-hydrogen) atoms. The van der Waals surface area contributed by atoms with Crippen LogP contribution in [0.2, 0.25) is 0 Å². The van der Waals surface area contributed by atoms with Gasteiger partial charge in [0.25, 0.3) is 0 Å². The maximum absolute atomic E-state index is 12.2. The molecule has 142 valence electrons. The van der Waals surface area contributed by atoms with Gasteiger partial charge in [0, 0.05) is 25.2 Å². The molecule has 1 aliphatic rings. The van der Waals surface area contributed by atoms with E-state index in [4.69, 9.17) is 4.74 Å². The molecule has 1 atom stereocenters. The summed E-state index contributed by atoms with van der Waals surface area (Å²) in [4.78, 5) is 26.1. The zero-order chi connectivity index (χ0) is 19.2. The number of hydrogen-bond donors (Lipinski definition) is 2. The number of benzene rings is 2. The summed E-state index contributed by atoms with van der Waals surface area (Å²) in [5, 5.41) is 5.74. The average molecular weight is 367 g/mol. The number of rotatable bonds is 6. The SMILES string of the molecule is COc1ccc(CCNC(=O)N[C@@H]2CC(=O)N(c3ccc(C)cc3)C2)cc1. The second kappa shape index (κ2) is 8.58. The first-order valence-electron chi connectivity index (χ1n) is 9.09. The lowest BCUT2D eigenvalue weighted by Crippen LogP contribution is -2.43. The molecule has 0 aliphatic carbocycles. The molecule has 1 fully saturated rings. The Labute approximate surface area is 159 Å². The number of carbonyl (C=O) groups is 2. The summed E-state index contributed by atoms with van der Waals surface area (Å²) in [6, 6.07) is 15.2. The second-order valence-corrected chi connectivity index (χ2v) is 6.74. The van der Waals surface area contributed by atoms with Crippen molar-refractivity contribution in [1.29, 1.82) is 0 Å². The molecule has 0 unspecified atom stereocenters. The summed E-state index contributed by atoms with van der Waals surface area (Å²) >= 11 is 0. The van der Waals surface area contributed by atoms with Gasteiger partial charge in [0.05, 0.1) is 13.2 Å². The zero-order valence-electron chi connectivity index (χ0n) is 15.7. The highest BCUT2D eigenvalue weighted by Crippen LogP contribution is 2.21. The maximum Gasteiger partial charge on any atom is 0.315 e. The van der Waals surface area contributed by atoms with Crippen LogP contribution in [0.25, 0.3) is 0 Å². The van der Waals surface area contributed by atoms with Crippen LogP contribution in [-0.4, -0.2) is 38.2 Å². The molecule has 2 aromatic carbocycles. The topological polar surface area (TPSA) is 70.7 Å². The molecule has 1 heterocycles. The van der Waals surface area contributed by atoms with Crippen LogP contribution in [0.4, 0.5) is 10.5 Å². The molecule has 0 aromatic heterocycles. The van der Waals surface area contributed by atoms with E-state index in [0.717, 1.165) is 29.0 Å². The molecular formula is C21H25N3O3. The first kappa shape index (κ1) is 18.8. The number of ether oxygens (including phenoxy) is 1. The molecule has 6 nitrogen and oxygen atoms in total. The molecule has 2 N–H and O–H groups in total. The summed E-state index contributed by atoms with van der Waals surface area (Å²) in [6.07, 6.45) is 1.05. The van der Waals surface area contributed by atoms with Crippen LogP contribution in [0.5, 0.6) is 5.75 Å².